The van der Waals surface area contributed by atoms with Crippen molar-refractivity contribution in [2.45, 2.75) is 90.9 Å². The van der Waals surface area contributed by atoms with Crippen molar-refractivity contribution < 1.29 is 4.79 Å². The predicted octanol–water partition coefficient (Wildman–Crippen LogP) is 4.81. The van der Waals surface area contributed by atoms with Crippen molar-refractivity contribution in [1.29, 1.82) is 0 Å². The van der Waals surface area contributed by atoms with E-state index in [-0.39, 0.29) is 11.3 Å². The normalized spacial score (nSPS) is 26.7. The minimum Gasteiger partial charge on any atom is -0.369 e. The number of primary amides is 1. The molecule has 0 aromatic carbocycles. The molecular weight excluding hydrogens is 234 g/mol. The molecule has 0 heterocycles. The van der Waals surface area contributed by atoms with Crippen molar-refractivity contribution in [2.75, 3.05) is 0 Å². The molecule has 2 atom stereocenters. The summed E-state index contributed by atoms with van der Waals surface area (Å²) in [7, 11) is 0. The molecule has 0 bridgehead atoms. The van der Waals surface area contributed by atoms with Crippen LogP contribution in [-0.4, -0.2) is 5.91 Å². The topological polar surface area (TPSA) is 43.1 Å². The molecule has 112 valence electrons. The molecule has 0 aromatic rings. The molecule has 0 aliphatic heterocycles. The van der Waals surface area contributed by atoms with Crippen LogP contribution in [0.15, 0.2) is 0 Å². The number of carbonyl (C=O) groups is 1. The maximum Gasteiger partial charge on any atom is 0.223 e. The van der Waals surface area contributed by atoms with Crippen molar-refractivity contribution in [3.05, 3.63) is 0 Å². The predicted molar refractivity (Wildman–Crippen MR) is 81.9 cm³/mol. The number of hydrogen-bond acceptors (Lipinski definition) is 1. The number of amides is 1. The summed E-state index contributed by atoms with van der Waals surface area (Å²) < 4.78 is 0. The van der Waals surface area contributed by atoms with Gasteiger partial charge in [-0.25, -0.2) is 0 Å². The van der Waals surface area contributed by atoms with Gasteiger partial charge in [-0.3, -0.25) is 4.79 Å². The third kappa shape index (κ3) is 5.16. The van der Waals surface area contributed by atoms with Crippen LogP contribution in [0.2, 0.25) is 0 Å². The van der Waals surface area contributed by atoms with Crippen LogP contribution >= 0.6 is 0 Å². The van der Waals surface area contributed by atoms with Crippen LogP contribution in [0, 0.1) is 11.3 Å². The summed E-state index contributed by atoms with van der Waals surface area (Å²) >= 11 is 0. The van der Waals surface area contributed by atoms with Gasteiger partial charge in [-0.15, -0.1) is 0 Å². The van der Waals surface area contributed by atoms with E-state index < -0.39 is 0 Å². The first-order chi connectivity index (χ1) is 9.11. The zero-order valence-electron chi connectivity index (χ0n) is 13.0. The summed E-state index contributed by atoms with van der Waals surface area (Å²) in [6.07, 6.45) is 15.5. The molecule has 1 rings (SSSR count). The van der Waals surface area contributed by atoms with E-state index >= 15 is 0 Å². The highest BCUT2D eigenvalue weighted by molar-refractivity contribution is 5.81. The Hall–Kier alpha value is -0.530. The lowest BCUT2D eigenvalue weighted by atomic mass is 9.76. The van der Waals surface area contributed by atoms with Gasteiger partial charge in [-0.2, -0.15) is 0 Å². The van der Waals surface area contributed by atoms with Crippen LogP contribution in [0.25, 0.3) is 0 Å². The van der Waals surface area contributed by atoms with E-state index in [1.807, 2.05) is 0 Å². The lowest BCUT2D eigenvalue weighted by Crippen LogP contribution is -2.37. The Morgan fingerprint density at radius 2 is 1.68 bits per heavy atom. The molecule has 2 nitrogen and oxygen atoms in total. The van der Waals surface area contributed by atoms with Crippen LogP contribution in [0.5, 0.6) is 0 Å². The summed E-state index contributed by atoms with van der Waals surface area (Å²) in [5.41, 5.74) is 5.37. The highest BCUT2D eigenvalue weighted by atomic mass is 16.1. The van der Waals surface area contributed by atoms with Gasteiger partial charge in [0.1, 0.15) is 0 Å². The first kappa shape index (κ1) is 16.5. The average molecular weight is 267 g/mol. The molecule has 1 saturated carbocycles. The highest BCUT2D eigenvalue weighted by Crippen LogP contribution is 2.45. The largest absolute Gasteiger partial charge is 0.369 e. The molecular formula is C17H33NO. The minimum atomic E-state index is -0.207. The maximum atomic E-state index is 11.6. The Balaban J connectivity index is 2.07. The van der Waals surface area contributed by atoms with Gasteiger partial charge in [0.25, 0.3) is 0 Å². The van der Waals surface area contributed by atoms with Gasteiger partial charge >= 0.3 is 0 Å². The number of carbonyl (C=O) groups excluding carboxylic acids is 1. The van der Waals surface area contributed by atoms with Crippen LogP contribution in [-0.2, 0) is 4.79 Å². The Morgan fingerprint density at radius 1 is 1.11 bits per heavy atom. The van der Waals surface area contributed by atoms with Gasteiger partial charge < -0.3 is 5.73 Å². The zero-order chi connectivity index (χ0) is 14.1. The van der Waals surface area contributed by atoms with E-state index in [2.05, 4.69) is 13.8 Å². The fraction of sp³-hybridized carbons (Fsp3) is 0.941. The quantitative estimate of drug-likeness (QED) is 0.567. The molecule has 0 spiro atoms. The fourth-order valence-corrected chi connectivity index (χ4v) is 3.55. The smallest absolute Gasteiger partial charge is 0.223 e. The van der Waals surface area contributed by atoms with E-state index in [0.717, 1.165) is 6.42 Å². The summed E-state index contributed by atoms with van der Waals surface area (Å²) in [4.78, 5) is 11.6. The van der Waals surface area contributed by atoms with Gasteiger partial charge in [0.15, 0.2) is 0 Å². The summed E-state index contributed by atoms with van der Waals surface area (Å²) in [5.74, 6) is 0.472. The van der Waals surface area contributed by atoms with E-state index in [9.17, 15) is 4.79 Å². The molecule has 1 amide bonds. The summed E-state index contributed by atoms with van der Waals surface area (Å²) in [5, 5.41) is 0. The van der Waals surface area contributed by atoms with Crippen LogP contribution < -0.4 is 5.73 Å². The van der Waals surface area contributed by atoms with Crippen molar-refractivity contribution in [3.8, 4) is 0 Å². The lowest BCUT2D eigenvalue weighted by molar-refractivity contribution is -0.128. The third-order valence-electron chi connectivity index (χ3n) is 5.12. The lowest BCUT2D eigenvalue weighted by Gasteiger charge is -2.28. The number of rotatable bonds is 10. The first-order valence-corrected chi connectivity index (χ1v) is 8.41. The van der Waals surface area contributed by atoms with Crippen LogP contribution in [0.3, 0.4) is 0 Å². The van der Waals surface area contributed by atoms with Crippen LogP contribution in [0.1, 0.15) is 90.9 Å². The van der Waals surface area contributed by atoms with Crippen molar-refractivity contribution >= 4 is 5.91 Å². The van der Waals surface area contributed by atoms with Crippen molar-refractivity contribution in [3.63, 3.8) is 0 Å². The monoisotopic (exact) mass is 267 g/mol. The van der Waals surface area contributed by atoms with E-state index in [1.165, 1.54) is 70.6 Å². The molecule has 2 unspecified atom stereocenters. The Kier molecular flexibility index (Phi) is 7.48. The Labute approximate surface area is 119 Å². The number of nitrogens with two attached hydrogens (primary N) is 1. The third-order valence-corrected chi connectivity index (χ3v) is 5.12. The summed E-state index contributed by atoms with van der Waals surface area (Å²) in [6, 6.07) is 0. The van der Waals surface area contributed by atoms with Gasteiger partial charge in [0.05, 0.1) is 0 Å². The fourth-order valence-electron chi connectivity index (χ4n) is 3.55. The van der Waals surface area contributed by atoms with Gasteiger partial charge in [0, 0.05) is 5.41 Å². The van der Waals surface area contributed by atoms with E-state index in [1.54, 1.807) is 0 Å². The molecule has 1 aliphatic carbocycles. The molecule has 2 heteroatoms. The van der Waals surface area contributed by atoms with Gasteiger partial charge in [-0.05, 0) is 25.2 Å². The zero-order valence-corrected chi connectivity index (χ0v) is 13.0. The number of hydrogen-bond donors (Lipinski definition) is 1. The molecule has 19 heavy (non-hydrogen) atoms. The highest BCUT2D eigenvalue weighted by Gasteiger charge is 2.42. The van der Waals surface area contributed by atoms with Crippen molar-refractivity contribution in [2.24, 2.45) is 17.1 Å². The molecule has 0 saturated heterocycles. The molecule has 1 aliphatic rings. The van der Waals surface area contributed by atoms with E-state index in [4.69, 9.17) is 5.73 Å². The Morgan fingerprint density at radius 3 is 2.26 bits per heavy atom. The molecule has 0 radical (unpaired) electrons. The van der Waals surface area contributed by atoms with Crippen LogP contribution in [0.4, 0.5) is 0 Å². The standard InChI is InChI=1S/C17H33NO/c1-3-4-5-6-7-8-9-10-12-15-13-11-14-17(15,2)16(18)19/h15H,3-14H2,1-2H3,(H2,18,19). The molecule has 0 aromatic heterocycles. The van der Waals surface area contributed by atoms with Gasteiger partial charge in [0.2, 0.25) is 5.91 Å². The first-order valence-electron chi connectivity index (χ1n) is 8.41. The second kappa shape index (κ2) is 8.60. The minimum absolute atomic E-state index is 0.0745. The SMILES string of the molecule is CCCCCCCCCCC1CCCC1(C)C(N)=O. The second-order valence-electron chi connectivity index (χ2n) is 6.63. The Bertz CT molecular complexity index is 264. The van der Waals surface area contributed by atoms with Crippen molar-refractivity contribution in [1.82, 2.24) is 0 Å². The number of unbranched alkanes of at least 4 members (excludes halogenated alkanes) is 7. The second-order valence-corrected chi connectivity index (χ2v) is 6.63. The van der Waals surface area contributed by atoms with E-state index in [0.29, 0.717) is 5.92 Å². The maximum absolute atomic E-state index is 11.6. The summed E-state index contributed by atoms with van der Waals surface area (Å²) in [6.45, 7) is 4.34. The molecule has 1 fully saturated rings. The van der Waals surface area contributed by atoms with Gasteiger partial charge in [-0.1, -0.05) is 71.6 Å². The molecule has 2 N–H and O–H groups in total. The average Bonchev–Trinajstić information content (AvgIpc) is 2.76.